The zero-order valence-electron chi connectivity index (χ0n) is 20.2. The molecule has 2 heterocycles. The number of carbonyl (C=O) groups is 1. The molecule has 3 heteroatoms. The third kappa shape index (κ3) is 4.33. The average Bonchev–Trinajstić information content (AvgIpc) is 3.22. The van der Waals surface area contributed by atoms with Crippen LogP contribution >= 0.6 is 0 Å². The fraction of sp³-hybridized carbons (Fsp3) is 0.323. The number of hydrogen-bond acceptors (Lipinski definition) is 2. The molecule has 5 rings (SSSR count). The molecule has 0 bridgehead atoms. The molecular formula is C31H33NO2. The highest BCUT2D eigenvalue weighted by molar-refractivity contribution is 6.20. The first-order valence-electron chi connectivity index (χ1n) is 12.4. The van der Waals surface area contributed by atoms with Crippen molar-refractivity contribution in [3.05, 3.63) is 112 Å². The minimum atomic E-state index is -0.230. The number of rotatable bonds is 5. The topological polar surface area (TPSA) is 29.5 Å². The lowest BCUT2D eigenvalue weighted by molar-refractivity contribution is -0.132. The number of fused-ring (bicyclic) bond motifs is 2. The summed E-state index contributed by atoms with van der Waals surface area (Å²) in [5.74, 6) is 0.147. The molecule has 3 aromatic carbocycles. The summed E-state index contributed by atoms with van der Waals surface area (Å²) >= 11 is 0. The lowest BCUT2D eigenvalue weighted by Crippen LogP contribution is -2.45. The quantitative estimate of drug-likeness (QED) is 0.425. The predicted molar refractivity (Wildman–Crippen MR) is 137 cm³/mol. The Bertz CT molecular complexity index is 1200. The smallest absolute Gasteiger partial charge is 0.254 e. The highest BCUT2D eigenvalue weighted by atomic mass is 16.5. The Labute approximate surface area is 203 Å². The van der Waals surface area contributed by atoms with Crippen LogP contribution in [0.1, 0.15) is 54.5 Å². The van der Waals surface area contributed by atoms with Gasteiger partial charge < -0.3 is 9.64 Å². The number of ether oxygens (including phenoxy) is 1. The van der Waals surface area contributed by atoms with Gasteiger partial charge >= 0.3 is 0 Å². The SMILES string of the molecule is CC(C)=C(C(=O)N1CCC2(CC1)OCc1ccccc12)c1ccccc1CCc1ccccc1. The van der Waals surface area contributed by atoms with Gasteiger partial charge in [0.1, 0.15) is 0 Å². The molecule has 0 radical (unpaired) electrons. The van der Waals surface area contributed by atoms with Crippen LogP contribution in [-0.2, 0) is 34.6 Å². The zero-order valence-corrected chi connectivity index (χ0v) is 20.2. The van der Waals surface area contributed by atoms with E-state index in [1.54, 1.807) is 0 Å². The lowest BCUT2D eigenvalue weighted by atomic mass is 9.83. The van der Waals surface area contributed by atoms with Crippen LogP contribution in [0, 0.1) is 0 Å². The van der Waals surface area contributed by atoms with Gasteiger partial charge in [0.15, 0.2) is 0 Å². The molecule has 2 aliphatic heterocycles. The van der Waals surface area contributed by atoms with E-state index in [0.29, 0.717) is 6.61 Å². The molecule has 34 heavy (non-hydrogen) atoms. The number of likely N-dealkylation sites (tertiary alicyclic amines) is 1. The second-order valence-electron chi connectivity index (χ2n) is 9.75. The van der Waals surface area contributed by atoms with Crippen molar-refractivity contribution in [1.29, 1.82) is 0 Å². The molecule has 1 spiro atoms. The third-order valence-electron chi connectivity index (χ3n) is 7.40. The van der Waals surface area contributed by atoms with E-state index in [1.165, 1.54) is 22.3 Å². The normalized spacial score (nSPS) is 16.4. The lowest BCUT2D eigenvalue weighted by Gasteiger charge is -2.39. The van der Waals surface area contributed by atoms with Gasteiger partial charge in [-0.3, -0.25) is 4.79 Å². The number of hydrogen-bond donors (Lipinski definition) is 0. The summed E-state index contributed by atoms with van der Waals surface area (Å²) < 4.78 is 6.32. The molecule has 0 aromatic heterocycles. The summed E-state index contributed by atoms with van der Waals surface area (Å²) in [5, 5.41) is 0. The first-order chi connectivity index (χ1) is 16.6. The number of amides is 1. The van der Waals surface area contributed by atoms with Gasteiger partial charge in [0.05, 0.1) is 12.2 Å². The maximum Gasteiger partial charge on any atom is 0.254 e. The fourth-order valence-electron chi connectivity index (χ4n) is 5.53. The highest BCUT2D eigenvalue weighted by Crippen LogP contribution is 2.44. The number of benzene rings is 3. The van der Waals surface area contributed by atoms with Crippen molar-refractivity contribution >= 4 is 11.5 Å². The van der Waals surface area contributed by atoms with Crippen LogP contribution in [-0.4, -0.2) is 23.9 Å². The van der Waals surface area contributed by atoms with Gasteiger partial charge in [-0.25, -0.2) is 0 Å². The van der Waals surface area contributed by atoms with Crippen LogP contribution < -0.4 is 0 Å². The Morgan fingerprint density at radius 3 is 2.29 bits per heavy atom. The Morgan fingerprint density at radius 2 is 1.53 bits per heavy atom. The van der Waals surface area contributed by atoms with Crippen molar-refractivity contribution in [1.82, 2.24) is 4.90 Å². The van der Waals surface area contributed by atoms with Crippen molar-refractivity contribution in [3.63, 3.8) is 0 Å². The Morgan fingerprint density at radius 1 is 0.853 bits per heavy atom. The molecule has 3 aromatic rings. The standard InChI is InChI=1S/C31H33NO2/c1-23(2)29(27-14-8-6-12-25(27)17-16-24-10-4-3-5-11-24)30(33)32-20-18-31(19-21-32)28-15-9-7-13-26(28)22-34-31/h3-15H,16-22H2,1-2H3. The van der Waals surface area contributed by atoms with Crippen LogP contribution in [0.3, 0.4) is 0 Å². The molecule has 3 nitrogen and oxygen atoms in total. The van der Waals surface area contributed by atoms with E-state index in [9.17, 15) is 4.79 Å². The van der Waals surface area contributed by atoms with E-state index < -0.39 is 0 Å². The predicted octanol–water partition coefficient (Wildman–Crippen LogP) is 6.31. The minimum absolute atomic E-state index is 0.147. The van der Waals surface area contributed by atoms with E-state index in [1.807, 2.05) is 11.0 Å². The van der Waals surface area contributed by atoms with E-state index in [4.69, 9.17) is 4.74 Å². The Hall–Kier alpha value is -3.17. The van der Waals surface area contributed by atoms with Gasteiger partial charge in [-0.1, -0.05) is 84.4 Å². The monoisotopic (exact) mass is 451 g/mol. The van der Waals surface area contributed by atoms with Crippen molar-refractivity contribution < 1.29 is 9.53 Å². The fourth-order valence-corrected chi connectivity index (χ4v) is 5.53. The minimum Gasteiger partial charge on any atom is -0.365 e. The first kappa shape index (κ1) is 22.6. The van der Waals surface area contributed by atoms with Crippen molar-refractivity contribution in [2.75, 3.05) is 13.1 Å². The summed E-state index contributed by atoms with van der Waals surface area (Å²) in [4.78, 5) is 15.9. The molecule has 1 fully saturated rings. The second kappa shape index (κ2) is 9.60. The van der Waals surface area contributed by atoms with Crippen molar-refractivity contribution in [2.24, 2.45) is 0 Å². The summed E-state index contributed by atoms with van der Waals surface area (Å²) in [6.07, 6.45) is 3.58. The summed E-state index contributed by atoms with van der Waals surface area (Å²) in [5.41, 5.74) is 7.93. The summed E-state index contributed by atoms with van der Waals surface area (Å²) in [6, 6.07) is 27.5. The second-order valence-corrected chi connectivity index (χ2v) is 9.75. The summed E-state index contributed by atoms with van der Waals surface area (Å²) in [7, 11) is 0. The molecule has 1 amide bonds. The van der Waals surface area contributed by atoms with Crippen LogP contribution in [0.25, 0.3) is 5.57 Å². The highest BCUT2D eigenvalue weighted by Gasteiger charge is 2.43. The van der Waals surface area contributed by atoms with Crippen LogP contribution in [0.2, 0.25) is 0 Å². The van der Waals surface area contributed by atoms with E-state index in [0.717, 1.165) is 55.5 Å². The molecule has 0 aliphatic carbocycles. The van der Waals surface area contributed by atoms with Crippen molar-refractivity contribution in [3.8, 4) is 0 Å². The van der Waals surface area contributed by atoms with E-state index in [-0.39, 0.29) is 11.5 Å². The van der Waals surface area contributed by atoms with Gasteiger partial charge in [0, 0.05) is 18.7 Å². The molecule has 0 N–H and O–H groups in total. The molecule has 2 aliphatic rings. The largest absolute Gasteiger partial charge is 0.365 e. The number of carbonyl (C=O) groups excluding carboxylic acids is 1. The van der Waals surface area contributed by atoms with Crippen LogP contribution in [0.15, 0.2) is 84.4 Å². The van der Waals surface area contributed by atoms with Gasteiger partial charge in [0.25, 0.3) is 5.91 Å². The Balaban J connectivity index is 1.34. The van der Waals surface area contributed by atoms with Gasteiger partial charge in [-0.15, -0.1) is 0 Å². The van der Waals surface area contributed by atoms with Gasteiger partial charge in [-0.2, -0.15) is 0 Å². The molecular weight excluding hydrogens is 418 g/mol. The van der Waals surface area contributed by atoms with Crippen LogP contribution in [0.5, 0.6) is 0 Å². The molecule has 174 valence electrons. The molecule has 1 saturated heterocycles. The van der Waals surface area contributed by atoms with Gasteiger partial charge in [-0.05, 0) is 67.3 Å². The number of aryl methyl sites for hydroxylation is 2. The first-order valence-corrected chi connectivity index (χ1v) is 12.4. The maximum absolute atomic E-state index is 13.8. The van der Waals surface area contributed by atoms with Crippen LogP contribution in [0.4, 0.5) is 0 Å². The van der Waals surface area contributed by atoms with E-state index in [2.05, 4.69) is 86.6 Å². The molecule has 0 atom stereocenters. The summed E-state index contributed by atoms with van der Waals surface area (Å²) in [6.45, 7) is 6.23. The average molecular weight is 452 g/mol. The van der Waals surface area contributed by atoms with Crippen molar-refractivity contribution in [2.45, 2.75) is 51.7 Å². The van der Waals surface area contributed by atoms with Gasteiger partial charge in [0.2, 0.25) is 0 Å². The number of nitrogens with zero attached hydrogens (tertiary/aromatic N) is 1. The molecule has 0 unspecified atom stereocenters. The maximum atomic E-state index is 13.8. The third-order valence-corrected chi connectivity index (χ3v) is 7.40. The van der Waals surface area contributed by atoms with E-state index >= 15 is 0 Å². The number of piperidine rings is 1. The number of allylic oxidation sites excluding steroid dienone is 1. The molecule has 0 saturated carbocycles. The zero-order chi connectivity index (χ0) is 23.5. The Kier molecular flexibility index (Phi) is 6.38.